The molecule has 0 spiro atoms. The lowest BCUT2D eigenvalue weighted by Gasteiger charge is -2.25. The van der Waals surface area contributed by atoms with E-state index in [-0.39, 0.29) is 0 Å². The summed E-state index contributed by atoms with van der Waals surface area (Å²) in [5.41, 5.74) is 9.55. The van der Waals surface area contributed by atoms with E-state index in [2.05, 4.69) is 43.0 Å². The summed E-state index contributed by atoms with van der Waals surface area (Å²) in [4.78, 5) is 4.78. The Labute approximate surface area is 104 Å². The number of hydrogen-bond donors (Lipinski definition) is 1. The molecule has 1 aromatic carbocycles. The highest BCUT2D eigenvalue weighted by atomic mass is 15.2. The molecule has 2 rings (SSSR count). The summed E-state index contributed by atoms with van der Waals surface area (Å²) in [7, 11) is 4.26. The maximum atomic E-state index is 5.83. The lowest BCUT2D eigenvalue weighted by atomic mass is 10.1. The number of rotatable bonds is 4. The zero-order valence-corrected chi connectivity index (χ0v) is 11.1. The molecule has 0 amide bonds. The zero-order valence-electron chi connectivity index (χ0n) is 11.1. The highest BCUT2D eigenvalue weighted by Crippen LogP contribution is 2.26. The highest BCUT2D eigenvalue weighted by Gasteiger charge is 2.22. The van der Waals surface area contributed by atoms with E-state index < -0.39 is 0 Å². The molecule has 1 aliphatic rings. The summed E-state index contributed by atoms with van der Waals surface area (Å²) in [6, 6.07) is 6.93. The van der Waals surface area contributed by atoms with Crippen molar-refractivity contribution >= 4 is 5.69 Å². The molecule has 0 aliphatic carbocycles. The summed E-state index contributed by atoms with van der Waals surface area (Å²) in [6.07, 6.45) is 1.22. The average Bonchev–Trinajstić information content (AvgIpc) is 2.68. The van der Waals surface area contributed by atoms with Gasteiger partial charge in [0.15, 0.2) is 0 Å². The highest BCUT2D eigenvalue weighted by molar-refractivity contribution is 5.46. The zero-order chi connectivity index (χ0) is 12.4. The third-order valence-corrected chi connectivity index (χ3v) is 3.59. The molecule has 0 radical (unpaired) electrons. The van der Waals surface area contributed by atoms with E-state index in [1.54, 1.807) is 0 Å². The molecule has 1 heterocycles. The van der Waals surface area contributed by atoms with Gasteiger partial charge in [0.2, 0.25) is 0 Å². The largest absolute Gasteiger partial charge is 0.399 e. The third kappa shape index (κ3) is 2.99. The SMILES string of the molecule is CC(CCN(C)C)N1Cc2ccc(N)cc2C1. The fourth-order valence-corrected chi connectivity index (χ4v) is 2.38. The van der Waals surface area contributed by atoms with Crippen LogP contribution in [-0.4, -0.2) is 36.5 Å². The number of anilines is 1. The van der Waals surface area contributed by atoms with Crippen molar-refractivity contribution in [3.8, 4) is 0 Å². The fraction of sp³-hybridized carbons (Fsp3) is 0.571. The average molecular weight is 233 g/mol. The topological polar surface area (TPSA) is 32.5 Å². The van der Waals surface area contributed by atoms with E-state index in [0.29, 0.717) is 6.04 Å². The number of nitrogens with zero attached hydrogens (tertiary/aromatic N) is 2. The molecular formula is C14H23N3. The first-order chi connectivity index (χ1) is 8.06. The van der Waals surface area contributed by atoms with Gasteiger partial charge in [-0.05, 0) is 57.2 Å². The van der Waals surface area contributed by atoms with Crippen molar-refractivity contribution < 1.29 is 0 Å². The molecule has 1 aliphatic heterocycles. The van der Waals surface area contributed by atoms with Crippen LogP contribution in [0.2, 0.25) is 0 Å². The summed E-state index contributed by atoms with van der Waals surface area (Å²) >= 11 is 0. The molecule has 17 heavy (non-hydrogen) atoms. The molecule has 0 saturated carbocycles. The molecule has 1 aromatic rings. The molecule has 1 unspecified atom stereocenters. The molecule has 3 heteroatoms. The van der Waals surface area contributed by atoms with Crippen LogP contribution in [0.15, 0.2) is 18.2 Å². The molecule has 94 valence electrons. The Morgan fingerprint density at radius 1 is 1.29 bits per heavy atom. The second-order valence-corrected chi connectivity index (χ2v) is 5.37. The molecule has 0 saturated heterocycles. The van der Waals surface area contributed by atoms with E-state index in [9.17, 15) is 0 Å². The first-order valence-electron chi connectivity index (χ1n) is 6.32. The predicted molar refractivity (Wildman–Crippen MR) is 72.7 cm³/mol. The smallest absolute Gasteiger partial charge is 0.0317 e. The van der Waals surface area contributed by atoms with Crippen molar-refractivity contribution in [1.29, 1.82) is 0 Å². The number of nitrogen functional groups attached to an aromatic ring is 1. The summed E-state index contributed by atoms with van der Waals surface area (Å²) in [5.74, 6) is 0. The Hall–Kier alpha value is -1.06. The Bertz CT molecular complexity index is 387. The van der Waals surface area contributed by atoms with Crippen LogP contribution in [-0.2, 0) is 13.1 Å². The van der Waals surface area contributed by atoms with Crippen LogP contribution in [0, 0.1) is 0 Å². The Morgan fingerprint density at radius 2 is 2.00 bits per heavy atom. The summed E-state index contributed by atoms with van der Waals surface area (Å²) in [5, 5.41) is 0. The van der Waals surface area contributed by atoms with Gasteiger partial charge in [0, 0.05) is 24.8 Å². The van der Waals surface area contributed by atoms with Gasteiger partial charge in [-0.1, -0.05) is 6.07 Å². The van der Waals surface area contributed by atoms with Gasteiger partial charge < -0.3 is 10.6 Å². The van der Waals surface area contributed by atoms with Crippen LogP contribution >= 0.6 is 0 Å². The van der Waals surface area contributed by atoms with Crippen LogP contribution < -0.4 is 5.73 Å². The lowest BCUT2D eigenvalue weighted by molar-refractivity contribution is 0.190. The van der Waals surface area contributed by atoms with E-state index in [1.807, 2.05) is 6.07 Å². The first-order valence-corrected chi connectivity index (χ1v) is 6.32. The van der Waals surface area contributed by atoms with Crippen molar-refractivity contribution in [3.63, 3.8) is 0 Å². The monoisotopic (exact) mass is 233 g/mol. The molecule has 0 aromatic heterocycles. The van der Waals surface area contributed by atoms with E-state index >= 15 is 0 Å². The minimum atomic E-state index is 0.631. The minimum absolute atomic E-state index is 0.631. The van der Waals surface area contributed by atoms with Gasteiger partial charge in [-0.25, -0.2) is 0 Å². The Morgan fingerprint density at radius 3 is 2.71 bits per heavy atom. The van der Waals surface area contributed by atoms with Gasteiger partial charge in [-0.2, -0.15) is 0 Å². The quantitative estimate of drug-likeness (QED) is 0.807. The molecule has 3 nitrogen and oxygen atoms in total. The van der Waals surface area contributed by atoms with Gasteiger partial charge in [-0.15, -0.1) is 0 Å². The number of benzene rings is 1. The predicted octanol–water partition coefficient (Wildman–Crippen LogP) is 1.92. The van der Waals surface area contributed by atoms with Gasteiger partial charge in [0.25, 0.3) is 0 Å². The van der Waals surface area contributed by atoms with Crippen molar-refractivity contribution in [2.45, 2.75) is 32.5 Å². The summed E-state index contributed by atoms with van der Waals surface area (Å²) in [6.45, 7) is 5.59. The van der Waals surface area contributed by atoms with Crippen LogP contribution in [0.1, 0.15) is 24.5 Å². The van der Waals surface area contributed by atoms with Crippen molar-refractivity contribution in [2.75, 3.05) is 26.4 Å². The van der Waals surface area contributed by atoms with E-state index in [1.165, 1.54) is 17.5 Å². The Kier molecular flexibility index (Phi) is 3.69. The molecule has 0 bridgehead atoms. The standard InChI is InChI=1S/C14H23N3/c1-11(6-7-16(2)3)17-9-12-4-5-14(15)8-13(12)10-17/h4-5,8,11H,6-7,9-10,15H2,1-3H3. The number of hydrogen-bond acceptors (Lipinski definition) is 3. The van der Waals surface area contributed by atoms with Gasteiger partial charge in [0.1, 0.15) is 0 Å². The summed E-state index contributed by atoms with van der Waals surface area (Å²) < 4.78 is 0. The third-order valence-electron chi connectivity index (χ3n) is 3.59. The normalized spacial score (nSPS) is 17.4. The van der Waals surface area contributed by atoms with Crippen LogP contribution in [0.3, 0.4) is 0 Å². The van der Waals surface area contributed by atoms with Gasteiger partial charge >= 0.3 is 0 Å². The lowest BCUT2D eigenvalue weighted by Crippen LogP contribution is -2.31. The molecule has 2 N–H and O–H groups in total. The molecular weight excluding hydrogens is 210 g/mol. The molecule has 0 fully saturated rings. The number of nitrogens with two attached hydrogens (primary N) is 1. The second kappa shape index (κ2) is 5.07. The van der Waals surface area contributed by atoms with Crippen LogP contribution in [0.5, 0.6) is 0 Å². The van der Waals surface area contributed by atoms with E-state index in [0.717, 1.165) is 25.3 Å². The van der Waals surface area contributed by atoms with Crippen molar-refractivity contribution in [2.24, 2.45) is 0 Å². The van der Waals surface area contributed by atoms with Crippen molar-refractivity contribution in [3.05, 3.63) is 29.3 Å². The van der Waals surface area contributed by atoms with Crippen LogP contribution in [0.25, 0.3) is 0 Å². The van der Waals surface area contributed by atoms with Crippen molar-refractivity contribution in [1.82, 2.24) is 9.80 Å². The Balaban J connectivity index is 1.95. The van der Waals surface area contributed by atoms with Gasteiger partial charge in [-0.3, -0.25) is 4.90 Å². The first kappa shape index (κ1) is 12.4. The fourth-order valence-electron chi connectivity index (χ4n) is 2.38. The molecule has 1 atom stereocenters. The van der Waals surface area contributed by atoms with E-state index in [4.69, 9.17) is 5.73 Å². The minimum Gasteiger partial charge on any atom is -0.399 e. The second-order valence-electron chi connectivity index (χ2n) is 5.37. The number of fused-ring (bicyclic) bond motifs is 1. The van der Waals surface area contributed by atoms with Crippen LogP contribution in [0.4, 0.5) is 5.69 Å². The maximum Gasteiger partial charge on any atom is 0.0317 e. The van der Waals surface area contributed by atoms with Gasteiger partial charge in [0.05, 0.1) is 0 Å². The maximum absolute atomic E-state index is 5.83.